The third-order valence-corrected chi connectivity index (χ3v) is 6.98. The van der Waals surface area contributed by atoms with Crippen LogP contribution in [0.15, 0.2) is 64.1 Å². The van der Waals surface area contributed by atoms with Crippen LogP contribution in [0.5, 0.6) is 0 Å². The summed E-state index contributed by atoms with van der Waals surface area (Å²) >= 11 is 12.3. The smallest absolute Gasteiger partial charge is 0.261 e. The Morgan fingerprint density at radius 3 is 2.47 bits per heavy atom. The van der Waals surface area contributed by atoms with E-state index in [0.29, 0.717) is 16.5 Å². The molecule has 1 heterocycles. The number of likely N-dealkylation sites (N-methyl/N-ethyl adjacent to an activating group) is 1. The molecule has 1 atom stereocenters. The lowest BCUT2D eigenvalue weighted by Gasteiger charge is -2.22. The first-order chi connectivity index (χ1) is 15.1. The van der Waals surface area contributed by atoms with E-state index < -0.39 is 15.9 Å². The molecule has 32 heavy (non-hydrogen) atoms. The first kappa shape index (κ1) is 24.1. The molecule has 0 aliphatic heterocycles. The van der Waals surface area contributed by atoms with Crippen LogP contribution < -0.4 is 10.0 Å². The molecule has 3 rings (SSSR count). The normalized spacial score (nSPS) is 12.6. The number of furan rings is 1. The minimum Gasteiger partial charge on any atom is -0.468 e. The van der Waals surface area contributed by atoms with Crippen LogP contribution >= 0.6 is 23.2 Å². The van der Waals surface area contributed by atoms with Crippen LogP contribution in [0.3, 0.4) is 0 Å². The number of amides is 1. The van der Waals surface area contributed by atoms with Crippen molar-refractivity contribution in [2.75, 3.05) is 25.4 Å². The summed E-state index contributed by atoms with van der Waals surface area (Å²) in [4.78, 5) is 14.6. The molecule has 1 unspecified atom stereocenters. The van der Waals surface area contributed by atoms with E-state index in [1.165, 1.54) is 24.3 Å². The second-order valence-corrected chi connectivity index (χ2v) is 9.91. The number of sulfonamides is 1. The maximum absolute atomic E-state index is 12.8. The van der Waals surface area contributed by atoms with Crippen molar-refractivity contribution in [2.24, 2.45) is 0 Å². The van der Waals surface area contributed by atoms with E-state index >= 15 is 0 Å². The van der Waals surface area contributed by atoms with Crippen molar-refractivity contribution in [1.82, 2.24) is 10.2 Å². The zero-order valence-electron chi connectivity index (χ0n) is 17.7. The Morgan fingerprint density at radius 1 is 1.09 bits per heavy atom. The molecule has 3 aromatic rings. The van der Waals surface area contributed by atoms with Crippen LogP contribution in [0.25, 0.3) is 0 Å². The van der Waals surface area contributed by atoms with Gasteiger partial charge in [0, 0.05) is 11.6 Å². The topological polar surface area (TPSA) is 91.6 Å². The monoisotopic (exact) mass is 495 g/mol. The highest BCUT2D eigenvalue weighted by Gasteiger charge is 2.22. The minimum absolute atomic E-state index is 0.0495. The Hall–Kier alpha value is -2.52. The Bertz CT molecular complexity index is 1210. The summed E-state index contributed by atoms with van der Waals surface area (Å²) < 4.78 is 33.6. The number of aryl methyl sites for hydroxylation is 1. The second kappa shape index (κ2) is 9.95. The van der Waals surface area contributed by atoms with Gasteiger partial charge < -0.3 is 9.73 Å². The number of carbonyl (C=O) groups excluding carboxylic acids is 1. The van der Waals surface area contributed by atoms with Crippen molar-refractivity contribution in [1.29, 1.82) is 0 Å². The number of benzene rings is 2. The van der Waals surface area contributed by atoms with Crippen molar-refractivity contribution < 1.29 is 17.6 Å². The van der Waals surface area contributed by atoms with E-state index in [1.807, 2.05) is 32.0 Å². The molecule has 170 valence electrons. The molecule has 10 heteroatoms. The summed E-state index contributed by atoms with van der Waals surface area (Å²) in [5, 5.41) is 3.37. The van der Waals surface area contributed by atoms with Crippen molar-refractivity contribution in [3.63, 3.8) is 0 Å². The van der Waals surface area contributed by atoms with Crippen LogP contribution in [-0.4, -0.2) is 39.9 Å². The predicted molar refractivity (Wildman–Crippen MR) is 126 cm³/mol. The van der Waals surface area contributed by atoms with Crippen LogP contribution in [-0.2, 0) is 10.0 Å². The highest BCUT2D eigenvalue weighted by atomic mass is 35.5. The number of rotatable bonds is 8. The fourth-order valence-corrected chi connectivity index (χ4v) is 4.48. The summed E-state index contributed by atoms with van der Waals surface area (Å²) in [6.45, 7) is 2.06. The van der Waals surface area contributed by atoms with Crippen LogP contribution in [0.4, 0.5) is 5.69 Å². The highest BCUT2D eigenvalue weighted by molar-refractivity contribution is 7.92. The predicted octanol–water partition coefficient (Wildman–Crippen LogP) is 4.73. The van der Waals surface area contributed by atoms with E-state index in [4.69, 9.17) is 27.6 Å². The molecule has 0 spiro atoms. The maximum atomic E-state index is 12.8. The lowest BCUT2D eigenvalue weighted by Crippen LogP contribution is -2.34. The minimum atomic E-state index is -3.97. The number of halogens is 2. The number of hydrogen-bond acceptors (Lipinski definition) is 5. The van der Waals surface area contributed by atoms with Crippen molar-refractivity contribution in [3.8, 4) is 0 Å². The van der Waals surface area contributed by atoms with E-state index in [9.17, 15) is 13.2 Å². The van der Waals surface area contributed by atoms with Crippen LogP contribution in [0.2, 0.25) is 10.0 Å². The van der Waals surface area contributed by atoms with Crippen molar-refractivity contribution in [3.05, 3.63) is 81.7 Å². The Kier molecular flexibility index (Phi) is 7.51. The van der Waals surface area contributed by atoms with Gasteiger partial charge in [-0.25, -0.2) is 8.42 Å². The van der Waals surface area contributed by atoms with E-state index in [-0.39, 0.29) is 28.1 Å². The molecular formula is C22H23Cl2N3O4S. The molecule has 0 aliphatic rings. The van der Waals surface area contributed by atoms with E-state index in [1.54, 1.807) is 24.5 Å². The fourth-order valence-electron chi connectivity index (χ4n) is 3.02. The third kappa shape index (κ3) is 5.63. The van der Waals surface area contributed by atoms with Gasteiger partial charge in [0.1, 0.15) is 5.76 Å². The van der Waals surface area contributed by atoms with Crippen LogP contribution in [0.1, 0.15) is 27.7 Å². The first-order valence-electron chi connectivity index (χ1n) is 9.65. The zero-order valence-corrected chi connectivity index (χ0v) is 20.1. The highest BCUT2D eigenvalue weighted by Crippen LogP contribution is 2.25. The first-order valence-corrected chi connectivity index (χ1v) is 11.9. The quantitative estimate of drug-likeness (QED) is 0.471. The summed E-state index contributed by atoms with van der Waals surface area (Å²) in [5.41, 5.74) is 1.19. The molecular weight excluding hydrogens is 473 g/mol. The second-order valence-electron chi connectivity index (χ2n) is 7.42. The van der Waals surface area contributed by atoms with Gasteiger partial charge in [0.15, 0.2) is 0 Å². The number of nitrogens with zero attached hydrogens (tertiary/aromatic N) is 1. The van der Waals surface area contributed by atoms with Crippen molar-refractivity contribution in [2.45, 2.75) is 17.9 Å². The van der Waals surface area contributed by atoms with Gasteiger partial charge in [0.05, 0.1) is 33.5 Å². The lowest BCUT2D eigenvalue weighted by atomic mass is 10.1. The largest absolute Gasteiger partial charge is 0.468 e. The van der Waals surface area contributed by atoms with Gasteiger partial charge in [-0.15, -0.1) is 0 Å². The summed E-state index contributed by atoms with van der Waals surface area (Å²) in [6, 6.07) is 12.2. The summed E-state index contributed by atoms with van der Waals surface area (Å²) in [7, 11) is -0.239. The van der Waals surface area contributed by atoms with Crippen molar-refractivity contribution >= 4 is 44.8 Å². The van der Waals surface area contributed by atoms with Gasteiger partial charge in [-0.05, 0) is 69.0 Å². The van der Waals surface area contributed by atoms with Gasteiger partial charge in [-0.2, -0.15) is 0 Å². The summed E-state index contributed by atoms with van der Waals surface area (Å²) in [5.74, 6) is 0.197. The van der Waals surface area contributed by atoms with Gasteiger partial charge in [-0.3, -0.25) is 14.4 Å². The summed E-state index contributed by atoms with van der Waals surface area (Å²) in [6.07, 6.45) is 1.56. The van der Waals surface area contributed by atoms with Gasteiger partial charge in [0.25, 0.3) is 15.9 Å². The Labute approximate surface area is 197 Å². The maximum Gasteiger partial charge on any atom is 0.261 e. The molecule has 1 aromatic heterocycles. The molecule has 0 saturated heterocycles. The SMILES string of the molecule is Cc1ccc(NS(=O)(=O)c2ccc(Cl)c(C(=O)NCC(c3ccco3)N(C)C)c2)cc1Cl. The molecule has 7 nitrogen and oxygen atoms in total. The molecule has 0 bridgehead atoms. The standard InChI is InChI=1S/C22H23Cl2N3O4S/c1-14-6-7-15(11-19(14)24)26-32(29,30)16-8-9-18(23)17(12-16)22(28)25-13-20(27(2)3)21-5-4-10-31-21/h4-12,20,26H,13H2,1-3H3,(H,25,28). The third-order valence-electron chi connectivity index (χ3n) is 4.87. The lowest BCUT2D eigenvalue weighted by molar-refractivity contribution is 0.0939. The van der Waals surface area contributed by atoms with Gasteiger partial charge in [-0.1, -0.05) is 29.3 Å². The Morgan fingerprint density at radius 2 is 1.84 bits per heavy atom. The molecule has 0 aliphatic carbocycles. The number of hydrogen-bond donors (Lipinski definition) is 2. The molecule has 0 fully saturated rings. The average Bonchev–Trinajstić information content (AvgIpc) is 3.25. The molecule has 0 radical (unpaired) electrons. The number of nitrogens with one attached hydrogen (secondary N) is 2. The van der Waals surface area contributed by atoms with E-state index in [2.05, 4.69) is 10.0 Å². The Balaban J connectivity index is 1.79. The fraction of sp³-hybridized carbons (Fsp3) is 0.227. The van der Waals surface area contributed by atoms with Gasteiger partial charge in [0.2, 0.25) is 0 Å². The number of anilines is 1. The van der Waals surface area contributed by atoms with Crippen LogP contribution in [0, 0.1) is 6.92 Å². The average molecular weight is 496 g/mol. The molecule has 2 N–H and O–H groups in total. The molecule has 2 aromatic carbocycles. The van der Waals surface area contributed by atoms with Gasteiger partial charge >= 0.3 is 0 Å². The zero-order chi connectivity index (χ0) is 23.5. The molecule has 0 saturated carbocycles. The number of carbonyl (C=O) groups is 1. The molecule has 1 amide bonds. The van der Waals surface area contributed by atoms with E-state index in [0.717, 1.165) is 5.56 Å².